The Labute approximate surface area is 122 Å². The van der Waals surface area contributed by atoms with Crippen molar-refractivity contribution in [3.8, 4) is 5.75 Å². The summed E-state index contributed by atoms with van der Waals surface area (Å²) in [6, 6.07) is 8.81. The first-order valence-corrected chi connectivity index (χ1v) is 8.26. The minimum Gasteiger partial charge on any atom is -0.489 e. The molecule has 0 radical (unpaired) electrons. The summed E-state index contributed by atoms with van der Waals surface area (Å²) in [6.45, 7) is 2.19. The van der Waals surface area contributed by atoms with Crippen molar-refractivity contribution in [3.05, 3.63) is 29.8 Å². The molecule has 110 valence electrons. The zero-order valence-corrected chi connectivity index (χ0v) is 12.6. The lowest BCUT2D eigenvalue weighted by Gasteiger charge is -2.54. The zero-order chi connectivity index (χ0) is 14.0. The molecule has 2 fully saturated rings. The van der Waals surface area contributed by atoms with Gasteiger partial charge in [-0.25, -0.2) is 0 Å². The predicted molar refractivity (Wildman–Crippen MR) is 83.0 cm³/mol. The minimum atomic E-state index is 0.261. The summed E-state index contributed by atoms with van der Waals surface area (Å²) in [5.74, 6) is 1.08. The molecule has 2 atom stereocenters. The second-order valence-corrected chi connectivity index (χ2v) is 6.56. The lowest BCUT2D eigenvalue weighted by molar-refractivity contribution is -0.0773. The highest BCUT2D eigenvalue weighted by Crippen LogP contribution is 2.51. The van der Waals surface area contributed by atoms with E-state index in [1.165, 1.54) is 44.1 Å². The fourth-order valence-electron chi connectivity index (χ4n) is 4.09. The van der Waals surface area contributed by atoms with Crippen LogP contribution in [0.2, 0.25) is 0 Å². The van der Waals surface area contributed by atoms with E-state index in [1.54, 1.807) is 0 Å². The molecule has 2 aliphatic carbocycles. The van der Waals surface area contributed by atoms with E-state index in [0.717, 1.165) is 18.6 Å². The van der Waals surface area contributed by atoms with Crippen molar-refractivity contribution in [2.45, 2.75) is 70.4 Å². The molecule has 2 aliphatic rings. The Bertz CT molecular complexity index is 448. The van der Waals surface area contributed by atoms with Gasteiger partial charge in [0.2, 0.25) is 0 Å². The highest BCUT2D eigenvalue weighted by molar-refractivity contribution is 5.34. The topological polar surface area (TPSA) is 35.2 Å². The number of hydrogen-bond donors (Lipinski definition) is 1. The Morgan fingerprint density at radius 3 is 2.50 bits per heavy atom. The van der Waals surface area contributed by atoms with Crippen molar-refractivity contribution in [2.75, 3.05) is 0 Å². The van der Waals surface area contributed by atoms with Gasteiger partial charge in [-0.15, -0.1) is 0 Å². The van der Waals surface area contributed by atoms with Gasteiger partial charge in [-0.3, -0.25) is 0 Å². The molecular weight excluding hydrogens is 246 g/mol. The van der Waals surface area contributed by atoms with Gasteiger partial charge in [-0.2, -0.15) is 0 Å². The van der Waals surface area contributed by atoms with Gasteiger partial charge < -0.3 is 10.5 Å². The summed E-state index contributed by atoms with van der Waals surface area (Å²) < 4.78 is 6.41. The van der Waals surface area contributed by atoms with Gasteiger partial charge in [0.1, 0.15) is 11.9 Å². The van der Waals surface area contributed by atoms with Crippen molar-refractivity contribution in [3.63, 3.8) is 0 Å². The molecule has 20 heavy (non-hydrogen) atoms. The SMILES string of the molecule is CCc1ccccc1OC1CC(N)C12CCCCCC2. The highest BCUT2D eigenvalue weighted by Gasteiger charge is 2.54. The number of benzene rings is 1. The summed E-state index contributed by atoms with van der Waals surface area (Å²) in [7, 11) is 0. The molecule has 1 aromatic carbocycles. The fraction of sp³-hybridized carbons (Fsp3) is 0.667. The number of aryl methyl sites for hydroxylation is 1. The van der Waals surface area contributed by atoms with Crippen LogP contribution in [0.4, 0.5) is 0 Å². The first kappa shape index (κ1) is 13.9. The molecule has 2 unspecified atom stereocenters. The first-order chi connectivity index (χ1) is 9.76. The minimum absolute atomic E-state index is 0.261. The van der Waals surface area contributed by atoms with Crippen molar-refractivity contribution in [1.29, 1.82) is 0 Å². The van der Waals surface area contributed by atoms with E-state index < -0.39 is 0 Å². The fourth-order valence-corrected chi connectivity index (χ4v) is 4.09. The predicted octanol–water partition coefficient (Wildman–Crippen LogP) is 4.07. The molecule has 0 aromatic heterocycles. The summed E-state index contributed by atoms with van der Waals surface area (Å²) in [6.07, 6.45) is 10.3. The molecule has 0 amide bonds. The average Bonchev–Trinajstić information content (AvgIpc) is 2.75. The van der Waals surface area contributed by atoms with Crippen molar-refractivity contribution in [2.24, 2.45) is 11.1 Å². The molecule has 0 aliphatic heterocycles. The maximum absolute atomic E-state index is 6.41. The monoisotopic (exact) mass is 273 g/mol. The first-order valence-electron chi connectivity index (χ1n) is 8.26. The normalized spacial score (nSPS) is 28.7. The quantitative estimate of drug-likeness (QED) is 0.901. The molecule has 1 aromatic rings. The third kappa shape index (κ3) is 2.35. The van der Waals surface area contributed by atoms with Gasteiger partial charge in [-0.05, 0) is 30.9 Å². The summed E-state index contributed by atoms with van der Waals surface area (Å²) >= 11 is 0. The van der Waals surface area contributed by atoms with Crippen LogP contribution in [0.15, 0.2) is 24.3 Å². The Balaban J connectivity index is 1.77. The molecule has 2 N–H and O–H groups in total. The van der Waals surface area contributed by atoms with Crippen LogP contribution in [0.25, 0.3) is 0 Å². The molecule has 1 spiro atoms. The van der Waals surface area contributed by atoms with Crippen molar-refractivity contribution < 1.29 is 4.74 Å². The van der Waals surface area contributed by atoms with Gasteiger partial charge in [-0.1, -0.05) is 50.8 Å². The van der Waals surface area contributed by atoms with Gasteiger partial charge >= 0.3 is 0 Å². The van der Waals surface area contributed by atoms with E-state index in [9.17, 15) is 0 Å². The lowest BCUT2D eigenvalue weighted by atomic mass is 9.58. The smallest absolute Gasteiger partial charge is 0.122 e. The molecule has 0 bridgehead atoms. The molecule has 2 nitrogen and oxygen atoms in total. The van der Waals surface area contributed by atoms with Gasteiger partial charge in [0.25, 0.3) is 0 Å². The number of para-hydroxylation sites is 1. The number of hydrogen-bond acceptors (Lipinski definition) is 2. The zero-order valence-electron chi connectivity index (χ0n) is 12.6. The molecule has 2 heteroatoms. The number of ether oxygens (including phenoxy) is 1. The largest absolute Gasteiger partial charge is 0.489 e. The van der Waals surface area contributed by atoms with E-state index in [2.05, 4.69) is 31.2 Å². The van der Waals surface area contributed by atoms with E-state index in [1.807, 2.05) is 0 Å². The van der Waals surface area contributed by atoms with Crippen LogP contribution in [-0.4, -0.2) is 12.1 Å². The van der Waals surface area contributed by atoms with Crippen LogP contribution >= 0.6 is 0 Å². The van der Waals surface area contributed by atoms with E-state index >= 15 is 0 Å². The maximum atomic E-state index is 6.41. The second kappa shape index (κ2) is 5.77. The van der Waals surface area contributed by atoms with Crippen molar-refractivity contribution >= 4 is 0 Å². The summed E-state index contributed by atoms with van der Waals surface area (Å²) in [5.41, 5.74) is 7.97. The Hall–Kier alpha value is -1.02. The molecule has 2 saturated carbocycles. The molecular formula is C18H27NO. The van der Waals surface area contributed by atoms with Gasteiger partial charge in [0, 0.05) is 17.9 Å². The van der Waals surface area contributed by atoms with Crippen LogP contribution in [0.1, 0.15) is 57.4 Å². The van der Waals surface area contributed by atoms with E-state index in [-0.39, 0.29) is 5.41 Å². The van der Waals surface area contributed by atoms with E-state index in [0.29, 0.717) is 12.1 Å². The number of nitrogens with two attached hydrogens (primary N) is 1. The molecule has 0 saturated heterocycles. The van der Waals surface area contributed by atoms with Crippen LogP contribution in [0.3, 0.4) is 0 Å². The van der Waals surface area contributed by atoms with Gasteiger partial charge in [0.05, 0.1) is 0 Å². The highest BCUT2D eigenvalue weighted by atomic mass is 16.5. The van der Waals surface area contributed by atoms with E-state index in [4.69, 9.17) is 10.5 Å². The maximum Gasteiger partial charge on any atom is 0.122 e. The Kier molecular flexibility index (Phi) is 4.02. The Morgan fingerprint density at radius 2 is 1.85 bits per heavy atom. The third-order valence-corrected chi connectivity index (χ3v) is 5.50. The standard InChI is InChI=1S/C18H27NO/c1-2-14-9-5-6-10-15(14)20-17-13-16(19)18(17)11-7-3-4-8-12-18/h5-6,9-10,16-17H,2-4,7-8,11-13,19H2,1H3. The van der Waals surface area contributed by atoms with Crippen LogP contribution in [-0.2, 0) is 6.42 Å². The van der Waals surface area contributed by atoms with Gasteiger partial charge in [0.15, 0.2) is 0 Å². The van der Waals surface area contributed by atoms with Crippen LogP contribution < -0.4 is 10.5 Å². The lowest BCUT2D eigenvalue weighted by Crippen LogP contribution is -2.63. The second-order valence-electron chi connectivity index (χ2n) is 6.56. The average molecular weight is 273 g/mol. The van der Waals surface area contributed by atoms with Crippen molar-refractivity contribution in [1.82, 2.24) is 0 Å². The Morgan fingerprint density at radius 1 is 1.15 bits per heavy atom. The third-order valence-electron chi connectivity index (χ3n) is 5.50. The van der Waals surface area contributed by atoms with Crippen LogP contribution in [0, 0.1) is 5.41 Å². The summed E-state index contributed by atoms with van der Waals surface area (Å²) in [4.78, 5) is 0. The summed E-state index contributed by atoms with van der Waals surface area (Å²) in [5, 5.41) is 0. The van der Waals surface area contributed by atoms with Crippen LogP contribution in [0.5, 0.6) is 5.75 Å². The molecule has 3 rings (SSSR count). The number of rotatable bonds is 3. The molecule has 0 heterocycles.